The molecule has 0 amide bonds. The quantitative estimate of drug-likeness (QED) is 0.919. The van der Waals surface area contributed by atoms with Crippen LogP contribution in [0.15, 0.2) is 47.2 Å². The molecule has 0 bridgehead atoms. The van der Waals surface area contributed by atoms with E-state index >= 15 is 0 Å². The monoisotopic (exact) mass is 324 g/mol. The van der Waals surface area contributed by atoms with Crippen molar-refractivity contribution in [1.29, 1.82) is 0 Å². The Kier molecular flexibility index (Phi) is 4.75. The number of hydrogen-bond acceptors (Lipinski definition) is 2. The molecule has 0 saturated carbocycles. The molecule has 2 aromatic rings. The van der Waals surface area contributed by atoms with Crippen LogP contribution in [0.25, 0.3) is 0 Å². The Morgan fingerprint density at radius 3 is 2.78 bits per heavy atom. The van der Waals surface area contributed by atoms with Gasteiger partial charge < -0.3 is 5.32 Å². The summed E-state index contributed by atoms with van der Waals surface area (Å²) in [5.74, 6) is 0. The Morgan fingerprint density at radius 2 is 2.11 bits per heavy atom. The molecule has 94 valence electrons. The summed E-state index contributed by atoms with van der Waals surface area (Å²) >= 11 is 9.63. The normalized spacial score (nSPS) is 12.4. The smallest absolute Gasteiger partial charge is 0.0438 e. The van der Waals surface area contributed by atoms with Crippen molar-refractivity contribution in [2.75, 3.05) is 7.05 Å². The van der Waals surface area contributed by atoms with Crippen molar-refractivity contribution in [3.05, 3.63) is 63.3 Å². The molecule has 1 unspecified atom stereocenters. The van der Waals surface area contributed by atoms with E-state index in [9.17, 15) is 0 Å². The number of nitrogens with one attached hydrogen (secondary N) is 1. The van der Waals surface area contributed by atoms with E-state index in [1.54, 1.807) is 6.20 Å². The van der Waals surface area contributed by atoms with Crippen LogP contribution in [0.4, 0.5) is 0 Å². The number of rotatable bonds is 4. The van der Waals surface area contributed by atoms with Gasteiger partial charge in [-0.15, -0.1) is 0 Å². The van der Waals surface area contributed by atoms with Crippen molar-refractivity contribution in [3.8, 4) is 0 Å². The van der Waals surface area contributed by atoms with Gasteiger partial charge in [0.2, 0.25) is 0 Å². The molecular weight excluding hydrogens is 312 g/mol. The fraction of sp³-hybridized carbons (Fsp3) is 0.214. The highest BCUT2D eigenvalue weighted by Crippen LogP contribution is 2.24. The molecule has 0 fully saturated rings. The second-order valence-corrected chi connectivity index (χ2v) is 5.40. The van der Waals surface area contributed by atoms with Crippen LogP contribution in [0.2, 0.25) is 5.02 Å². The number of benzene rings is 1. The first-order valence-corrected chi connectivity index (χ1v) is 6.89. The van der Waals surface area contributed by atoms with E-state index in [4.69, 9.17) is 11.6 Å². The molecule has 2 rings (SSSR count). The average Bonchev–Trinajstić information content (AvgIpc) is 2.38. The van der Waals surface area contributed by atoms with Crippen molar-refractivity contribution in [1.82, 2.24) is 10.3 Å². The summed E-state index contributed by atoms with van der Waals surface area (Å²) in [5.41, 5.74) is 2.28. The third-order valence-corrected chi connectivity index (χ3v) is 3.66. The number of hydrogen-bond donors (Lipinski definition) is 1. The molecule has 1 atom stereocenters. The van der Waals surface area contributed by atoms with Crippen molar-refractivity contribution >= 4 is 27.5 Å². The largest absolute Gasteiger partial charge is 0.313 e. The fourth-order valence-electron chi connectivity index (χ4n) is 1.89. The lowest BCUT2D eigenvalue weighted by Gasteiger charge is -2.17. The highest BCUT2D eigenvalue weighted by Gasteiger charge is 2.12. The molecule has 0 aliphatic heterocycles. The lowest BCUT2D eigenvalue weighted by molar-refractivity contribution is 0.589. The Balaban J connectivity index is 2.23. The number of likely N-dealkylation sites (N-methyl/N-ethyl adjacent to an activating group) is 1. The van der Waals surface area contributed by atoms with Crippen LogP contribution in [-0.2, 0) is 6.42 Å². The highest BCUT2D eigenvalue weighted by molar-refractivity contribution is 9.10. The van der Waals surface area contributed by atoms with E-state index in [2.05, 4.69) is 38.4 Å². The molecule has 18 heavy (non-hydrogen) atoms. The van der Waals surface area contributed by atoms with Crippen molar-refractivity contribution in [3.63, 3.8) is 0 Å². The Morgan fingerprint density at radius 1 is 1.33 bits per heavy atom. The Bertz CT molecular complexity index is 531. The van der Waals surface area contributed by atoms with Crippen LogP contribution in [-0.4, -0.2) is 12.0 Å². The van der Waals surface area contributed by atoms with Gasteiger partial charge in [-0.2, -0.15) is 0 Å². The Labute approximate surface area is 121 Å². The van der Waals surface area contributed by atoms with E-state index in [0.29, 0.717) is 0 Å². The zero-order valence-corrected chi connectivity index (χ0v) is 12.4. The van der Waals surface area contributed by atoms with Crippen molar-refractivity contribution in [2.24, 2.45) is 0 Å². The van der Waals surface area contributed by atoms with Crippen LogP contribution in [0.5, 0.6) is 0 Å². The zero-order chi connectivity index (χ0) is 13.0. The molecule has 4 heteroatoms. The molecule has 1 aromatic heterocycles. The molecular formula is C14H14BrClN2. The van der Waals surface area contributed by atoms with Gasteiger partial charge in [0.05, 0.1) is 0 Å². The molecule has 1 N–H and O–H groups in total. The molecule has 1 aromatic carbocycles. The highest BCUT2D eigenvalue weighted by atomic mass is 79.9. The van der Waals surface area contributed by atoms with Crippen LogP contribution in [0.1, 0.15) is 17.2 Å². The maximum Gasteiger partial charge on any atom is 0.0438 e. The van der Waals surface area contributed by atoms with E-state index in [1.807, 2.05) is 31.4 Å². The first-order chi connectivity index (χ1) is 8.70. The topological polar surface area (TPSA) is 24.9 Å². The lowest BCUT2D eigenvalue weighted by Crippen LogP contribution is -2.19. The second kappa shape index (κ2) is 6.32. The summed E-state index contributed by atoms with van der Waals surface area (Å²) in [6, 6.07) is 10.2. The number of nitrogens with zero attached hydrogens (tertiary/aromatic N) is 1. The maximum atomic E-state index is 6.19. The third kappa shape index (κ3) is 3.31. The predicted octanol–water partition coefficient (Wildman–Crippen LogP) is 4.00. The first kappa shape index (κ1) is 13.5. The van der Waals surface area contributed by atoms with Crippen LogP contribution in [0.3, 0.4) is 0 Å². The van der Waals surface area contributed by atoms with Gasteiger partial charge in [-0.05, 0) is 52.7 Å². The van der Waals surface area contributed by atoms with E-state index in [-0.39, 0.29) is 6.04 Å². The molecule has 0 aliphatic rings. The van der Waals surface area contributed by atoms with Crippen LogP contribution in [0, 0.1) is 0 Å². The van der Waals surface area contributed by atoms with Gasteiger partial charge in [-0.3, -0.25) is 4.98 Å². The third-order valence-electron chi connectivity index (χ3n) is 2.86. The molecule has 2 nitrogen and oxygen atoms in total. The number of pyridine rings is 1. The van der Waals surface area contributed by atoms with Gasteiger partial charge in [-0.25, -0.2) is 0 Å². The zero-order valence-electron chi connectivity index (χ0n) is 10.0. The van der Waals surface area contributed by atoms with E-state index in [0.717, 1.165) is 27.0 Å². The SMILES string of the molecule is CNC(Cc1ccccc1Cl)c1cncc(Br)c1. The Hall–Kier alpha value is -0.900. The number of halogens is 2. The maximum absolute atomic E-state index is 6.19. The summed E-state index contributed by atoms with van der Waals surface area (Å²) in [6.07, 6.45) is 4.50. The summed E-state index contributed by atoms with van der Waals surface area (Å²) in [7, 11) is 1.95. The van der Waals surface area contributed by atoms with Crippen molar-refractivity contribution < 1.29 is 0 Å². The summed E-state index contributed by atoms with van der Waals surface area (Å²) in [6.45, 7) is 0. The van der Waals surface area contributed by atoms with E-state index in [1.165, 1.54) is 0 Å². The minimum absolute atomic E-state index is 0.204. The van der Waals surface area contributed by atoms with Gasteiger partial charge in [0.25, 0.3) is 0 Å². The van der Waals surface area contributed by atoms with Gasteiger partial charge in [0.15, 0.2) is 0 Å². The summed E-state index contributed by atoms with van der Waals surface area (Å²) in [4.78, 5) is 4.20. The van der Waals surface area contributed by atoms with Crippen molar-refractivity contribution in [2.45, 2.75) is 12.5 Å². The molecule has 0 saturated heterocycles. The summed E-state index contributed by atoms with van der Waals surface area (Å²) in [5, 5.41) is 4.11. The van der Waals surface area contributed by atoms with Gasteiger partial charge in [0.1, 0.15) is 0 Å². The lowest BCUT2D eigenvalue weighted by atomic mass is 10.0. The second-order valence-electron chi connectivity index (χ2n) is 4.07. The van der Waals surface area contributed by atoms with E-state index < -0.39 is 0 Å². The molecule has 0 radical (unpaired) electrons. The minimum Gasteiger partial charge on any atom is -0.313 e. The molecule has 0 spiro atoms. The van der Waals surface area contributed by atoms with Gasteiger partial charge in [0, 0.05) is 27.9 Å². The van der Waals surface area contributed by atoms with Gasteiger partial charge >= 0.3 is 0 Å². The van der Waals surface area contributed by atoms with Crippen LogP contribution < -0.4 is 5.32 Å². The predicted molar refractivity (Wildman–Crippen MR) is 78.9 cm³/mol. The van der Waals surface area contributed by atoms with Crippen LogP contribution >= 0.6 is 27.5 Å². The fourth-order valence-corrected chi connectivity index (χ4v) is 2.48. The number of aromatic nitrogens is 1. The summed E-state index contributed by atoms with van der Waals surface area (Å²) < 4.78 is 0.986. The standard InChI is InChI=1S/C14H14BrClN2/c1-17-14(11-6-12(15)9-18-8-11)7-10-4-2-3-5-13(10)16/h2-6,8-9,14,17H,7H2,1H3. The average molecular weight is 326 g/mol. The molecule has 1 heterocycles. The minimum atomic E-state index is 0.204. The van der Waals surface area contributed by atoms with Gasteiger partial charge in [-0.1, -0.05) is 29.8 Å². The first-order valence-electron chi connectivity index (χ1n) is 5.72. The molecule has 0 aliphatic carbocycles.